The van der Waals surface area contributed by atoms with Gasteiger partial charge in [-0.3, -0.25) is 4.79 Å². The van der Waals surface area contributed by atoms with Gasteiger partial charge in [0.15, 0.2) is 0 Å². The van der Waals surface area contributed by atoms with E-state index in [-0.39, 0.29) is 28.3 Å². The van der Waals surface area contributed by atoms with Crippen LogP contribution < -0.4 is 5.73 Å². The fraction of sp³-hybridized carbons (Fsp3) is 0.316. The summed E-state index contributed by atoms with van der Waals surface area (Å²) >= 11 is 0. The number of alkyl halides is 3. The third kappa shape index (κ3) is 3.84. The van der Waals surface area contributed by atoms with E-state index in [9.17, 15) is 26.7 Å². The van der Waals surface area contributed by atoms with Crippen LogP contribution in [0.1, 0.15) is 40.3 Å². The molecular formula is C19H17F6NO2. The lowest BCUT2D eigenvalue weighted by Gasteiger charge is -2.21. The number of hydrogen-bond acceptors (Lipinski definition) is 2. The SMILES string of the molecule is Cc1cc(C)c(-c2cc(C(F)(F)F)c(F)c(C(N)CC(=O)O)c2F)c(C)c1F. The Morgan fingerprint density at radius 2 is 1.61 bits per heavy atom. The summed E-state index contributed by atoms with van der Waals surface area (Å²) in [6, 6.07) is -0.287. The molecule has 0 aliphatic carbocycles. The van der Waals surface area contributed by atoms with E-state index in [2.05, 4.69) is 0 Å². The monoisotopic (exact) mass is 405 g/mol. The van der Waals surface area contributed by atoms with Gasteiger partial charge in [0.05, 0.1) is 12.0 Å². The minimum absolute atomic E-state index is 0.117. The second-order valence-electron chi connectivity index (χ2n) is 6.54. The average Bonchev–Trinajstić information content (AvgIpc) is 2.53. The van der Waals surface area contributed by atoms with E-state index in [0.717, 1.165) is 0 Å². The van der Waals surface area contributed by atoms with Crippen LogP contribution in [0.5, 0.6) is 0 Å². The molecule has 2 aromatic carbocycles. The van der Waals surface area contributed by atoms with Gasteiger partial charge in [-0.25, -0.2) is 13.2 Å². The highest BCUT2D eigenvalue weighted by molar-refractivity contribution is 5.74. The third-order valence-corrected chi connectivity index (χ3v) is 4.45. The second-order valence-corrected chi connectivity index (χ2v) is 6.54. The average molecular weight is 405 g/mol. The maximum atomic E-state index is 15.1. The Labute approximate surface area is 156 Å². The first-order valence-corrected chi connectivity index (χ1v) is 8.10. The van der Waals surface area contributed by atoms with Crippen molar-refractivity contribution in [2.45, 2.75) is 39.4 Å². The first kappa shape index (κ1) is 21.7. The van der Waals surface area contributed by atoms with Crippen molar-refractivity contribution >= 4 is 5.97 Å². The van der Waals surface area contributed by atoms with Crippen molar-refractivity contribution in [2.75, 3.05) is 0 Å². The van der Waals surface area contributed by atoms with E-state index < -0.39 is 58.8 Å². The zero-order valence-electron chi connectivity index (χ0n) is 15.1. The summed E-state index contributed by atoms with van der Waals surface area (Å²) in [5, 5.41) is 8.80. The number of halogens is 6. The Kier molecular flexibility index (Phi) is 5.79. The standard InChI is InChI=1S/C19H17F6NO2/c1-7-4-8(2)16(20)9(3)14(7)10-5-11(19(23,24)25)18(22)15(17(10)21)12(26)6-13(27)28/h4-5,12H,6,26H2,1-3H3,(H,27,28). The maximum Gasteiger partial charge on any atom is 0.419 e. The first-order valence-electron chi connectivity index (χ1n) is 8.10. The van der Waals surface area contributed by atoms with E-state index in [0.29, 0.717) is 0 Å². The smallest absolute Gasteiger partial charge is 0.419 e. The highest BCUT2D eigenvalue weighted by atomic mass is 19.4. The molecule has 0 heterocycles. The minimum Gasteiger partial charge on any atom is -0.481 e. The van der Waals surface area contributed by atoms with Gasteiger partial charge in [0.25, 0.3) is 0 Å². The summed E-state index contributed by atoms with van der Waals surface area (Å²) in [5.74, 6) is -5.72. The predicted molar refractivity (Wildman–Crippen MR) is 90.1 cm³/mol. The van der Waals surface area contributed by atoms with Crippen molar-refractivity contribution in [3.8, 4) is 11.1 Å². The molecule has 0 fully saturated rings. The largest absolute Gasteiger partial charge is 0.481 e. The number of rotatable bonds is 4. The zero-order chi connectivity index (χ0) is 21.5. The van der Waals surface area contributed by atoms with Crippen molar-refractivity contribution in [2.24, 2.45) is 5.73 Å². The lowest BCUT2D eigenvalue weighted by atomic mass is 9.88. The molecule has 2 aromatic rings. The molecular weight excluding hydrogens is 388 g/mol. The van der Waals surface area contributed by atoms with Crippen LogP contribution in [0.15, 0.2) is 12.1 Å². The molecule has 9 heteroatoms. The number of benzene rings is 2. The molecule has 0 spiro atoms. The number of hydrogen-bond donors (Lipinski definition) is 2. The van der Waals surface area contributed by atoms with Crippen LogP contribution in [-0.4, -0.2) is 11.1 Å². The molecule has 0 saturated heterocycles. The Bertz CT molecular complexity index is 953. The third-order valence-electron chi connectivity index (χ3n) is 4.45. The van der Waals surface area contributed by atoms with Gasteiger partial charge in [-0.05, 0) is 49.1 Å². The molecule has 0 radical (unpaired) electrons. The minimum atomic E-state index is -5.20. The second kappa shape index (κ2) is 7.46. The van der Waals surface area contributed by atoms with E-state index in [1.165, 1.54) is 26.8 Å². The highest BCUT2D eigenvalue weighted by Gasteiger charge is 2.39. The van der Waals surface area contributed by atoms with E-state index in [4.69, 9.17) is 10.8 Å². The Balaban J connectivity index is 2.94. The number of aliphatic carboxylic acids is 1. The lowest BCUT2D eigenvalue weighted by molar-refractivity contribution is -0.140. The molecule has 28 heavy (non-hydrogen) atoms. The van der Waals surface area contributed by atoms with Gasteiger partial charge in [0, 0.05) is 17.2 Å². The zero-order valence-corrected chi connectivity index (χ0v) is 15.1. The van der Waals surface area contributed by atoms with E-state index in [1.54, 1.807) is 0 Å². The molecule has 1 unspecified atom stereocenters. The summed E-state index contributed by atoms with van der Waals surface area (Å²) < 4.78 is 83.9. The molecule has 0 amide bonds. The topological polar surface area (TPSA) is 63.3 Å². The number of carboxylic acid groups (broad SMARTS) is 1. The lowest BCUT2D eigenvalue weighted by Crippen LogP contribution is -2.21. The van der Waals surface area contributed by atoms with Gasteiger partial charge in [-0.15, -0.1) is 0 Å². The molecule has 0 bridgehead atoms. The summed E-state index contributed by atoms with van der Waals surface area (Å²) in [4.78, 5) is 10.8. The fourth-order valence-corrected chi connectivity index (χ4v) is 3.24. The van der Waals surface area contributed by atoms with Crippen LogP contribution in [0, 0.1) is 38.2 Å². The maximum absolute atomic E-state index is 15.1. The van der Waals surface area contributed by atoms with Crippen LogP contribution in [0.3, 0.4) is 0 Å². The molecule has 0 saturated carbocycles. The number of carboxylic acids is 1. The Morgan fingerprint density at radius 1 is 1.04 bits per heavy atom. The van der Waals surface area contributed by atoms with E-state index >= 15 is 4.39 Å². The van der Waals surface area contributed by atoms with Crippen molar-refractivity contribution in [1.29, 1.82) is 0 Å². The Hall–Kier alpha value is -2.55. The predicted octanol–water partition coefficient (Wildman–Crippen LogP) is 5.19. The highest BCUT2D eigenvalue weighted by Crippen LogP contribution is 2.42. The van der Waals surface area contributed by atoms with Gasteiger partial charge >= 0.3 is 12.1 Å². The van der Waals surface area contributed by atoms with Crippen molar-refractivity contribution in [1.82, 2.24) is 0 Å². The fourth-order valence-electron chi connectivity index (χ4n) is 3.24. The Morgan fingerprint density at radius 3 is 2.11 bits per heavy atom. The number of aryl methyl sites for hydroxylation is 2. The first-order chi connectivity index (χ1) is 12.8. The van der Waals surface area contributed by atoms with Gasteiger partial charge in [0.1, 0.15) is 17.5 Å². The molecule has 3 nitrogen and oxygen atoms in total. The van der Waals surface area contributed by atoms with Crippen molar-refractivity contribution in [3.05, 3.63) is 57.4 Å². The molecule has 2 rings (SSSR count). The van der Waals surface area contributed by atoms with Crippen LogP contribution in [-0.2, 0) is 11.0 Å². The number of carbonyl (C=O) groups is 1. The van der Waals surface area contributed by atoms with Crippen LogP contribution >= 0.6 is 0 Å². The number of nitrogens with two attached hydrogens (primary N) is 1. The van der Waals surface area contributed by atoms with Crippen molar-refractivity contribution in [3.63, 3.8) is 0 Å². The van der Waals surface area contributed by atoms with Gasteiger partial charge in [0.2, 0.25) is 0 Å². The van der Waals surface area contributed by atoms with Gasteiger partial charge in [-0.1, -0.05) is 6.07 Å². The van der Waals surface area contributed by atoms with Crippen LogP contribution in [0.2, 0.25) is 0 Å². The quantitative estimate of drug-likeness (QED) is 0.689. The summed E-state index contributed by atoms with van der Waals surface area (Å²) in [6.07, 6.45) is -6.19. The molecule has 0 aliphatic heterocycles. The molecule has 0 aromatic heterocycles. The van der Waals surface area contributed by atoms with Crippen LogP contribution in [0.25, 0.3) is 11.1 Å². The normalized spacial score (nSPS) is 12.9. The molecule has 1 atom stereocenters. The molecule has 3 N–H and O–H groups in total. The van der Waals surface area contributed by atoms with Crippen LogP contribution in [0.4, 0.5) is 26.3 Å². The summed E-state index contributed by atoms with van der Waals surface area (Å²) in [6.45, 7) is 4.15. The summed E-state index contributed by atoms with van der Waals surface area (Å²) in [7, 11) is 0. The molecule has 152 valence electrons. The molecule has 0 aliphatic rings. The van der Waals surface area contributed by atoms with Gasteiger partial charge < -0.3 is 10.8 Å². The van der Waals surface area contributed by atoms with Gasteiger partial charge in [-0.2, -0.15) is 13.2 Å². The van der Waals surface area contributed by atoms with E-state index in [1.807, 2.05) is 0 Å². The van der Waals surface area contributed by atoms with Crippen molar-refractivity contribution < 1.29 is 36.2 Å². The summed E-state index contributed by atoms with van der Waals surface area (Å²) in [5.41, 5.74) is 1.97.